The van der Waals surface area contributed by atoms with E-state index in [4.69, 9.17) is 9.72 Å². The van der Waals surface area contributed by atoms with Gasteiger partial charge >= 0.3 is 0 Å². The molecule has 0 saturated carbocycles. The number of nitrogens with one attached hydrogen (secondary N) is 1. The van der Waals surface area contributed by atoms with Gasteiger partial charge in [0, 0.05) is 25.1 Å². The Morgan fingerprint density at radius 3 is 2.59 bits per heavy atom. The standard InChI is InChI=1S/C27H29N3O2/c1-20-13-14-25(21(2)19-20)32-18-8-17-30-24-12-7-6-11-23(24)29-26(30)15-16-28-27(31)22-9-4-3-5-10-22/h3-7,9-14,19H,8,15-18H2,1-2H3,(H,28,31). The molecule has 0 spiro atoms. The van der Waals surface area contributed by atoms with Crippen LogP contribution in [0, 0.1) is 13.8 Å². The molecule has 4 aromatic rings. The Bertz CT molecular complexity index is 1200. The minimum Gasteiger partial charge on any atom is -0.493 e. The van der Waals surface area contributed by atoms with Crippen LogP contribution in [0.5, 0.6) is 5.75 Å². The summed E-state index contributed by atoms with van der Waals surface area (Å²) >= 11 is 0. The smallest absolute Gasteiger partial charge is 0.251 e. The van der Waals surface area contributed by atoms with Crippen LogP contribution >= 0.6 is 0 Å². The van der Waals surface area contributed by atoms with Crippen LogP contribution in [0.3, 0.4) is 0 Å². The van der Waals surface area contributed by atoms with E-state index in [2.05, 4.69) is 41.9 Å². The number of imidazole rings is 1. The first-order valence-corrected chi connectivity index (χ1v) is 11.1. The van der Waals surface area contributed by atoms with Crippen LogP contribution < -0.4 is 10.1 Å². The molecule has 1 aromatic heterocycles. The highest BCUT2D eigenvalue weighted by atomic mass is 16.5. The summed E-state index contributed by atoms with van der Waals surface area (Å²) in [6, 6.07) is 23.7. The third kappa shape index (κ3) is 5.17. The first-order valence-electron chi connectivity index (χ1n) is 11.1. The molecule has 0 aliphatic carbocycles. The van der Waals surface area contributed by atoms with Gasteiger partial charge in [0.2, 0.25) is 0 Å². The largest absolute Gasteiger partial charge is 0.493 e. The number of hydrogen-bond acceptors (Lipinski definition) is 3. The van der Waals surface area contributed by atoms with E-state index in [0.29, 0.717) is 25.1 Å². The third-order valence-corrected chi connectivity index (χ3v) is 5.52. The molecule has 5 heteroatoms. The first kappa shape index (κ1) is 21.6. The van der Waals surface area contributed by atoms with E-state index >= 15 is 0 Å². The van der Waals surface area contributed by atoms with Crippen molar-refractivity contribution in [3.8, 4) is 5.75 Å². The van der Waals surface area contributed by atoms with Crippen LogP contribution in [0.4, 0.5) is 0 Å². The van der Waals surface area contributed by atoms with Gasteiger partial charge < -0.3 is 14.6 Å². The molecular formula is C27H29N3O2. The highest BCUT2D eigenvalue weighted by molar-refractivity contribution is 5.94. The number of para-hydroxylation sites is 2. The van der Waals surface area contributed by atoms with Crippen molar-refractivity contribution in [3.05, 3.63) is 95.3 Å². The maximum atomic E-state index is 12.3. The van der Waals surface area contributed by atoms with Crippen molar-refractivity contribution in [2.24, 2.45) is 0 Å². The Morgan fingerprint density at radius 1 is 1.00 bits per heavy atom. The highest BCUT2D eigenvalue weighted by Crippen LogP contribution is 2.20. The van der Waals surface area contributed by atoms with Gasteiger partial charge in [-0.1, -0.05) is 48.0 Å². The lowest BCUT2D eigenvalue weighted by atomic mass is 10.1. The van der Waals surface area contributed by atoms with E-state index in [1.54, 1.807) is 0 Å². The van der Waals surface area contributed by atoms with Crippen LogP contribution in [-0.2, 0) is 13.0 Å². The fraction of sp³-hybridized carbons (Fsp3) is 0.259. The zero-order valence-corrected chi connectivity index (χ0v) is 18.7. The molecule has 0 bridgehead atoms. The molecule has 0 atom stereocenters. The molecule has 164 valence electrons. The van der Waals surface area contributed by atoms with Gasteiger partial charge in [-0.25, -0.2) is 4.98 Å². The molecule has 5 nitrogen and oxygen atoms in total. The molecule has 0 radical (unpaired) electrons. The summed E-state index contributed by atoms with van der Waals surface area (Å²) in [4.78, 5) is 17.1. The number of benzene rings is 3. The lowest BCUT2D eigenvalue weighted by Gasteiger charge is -2.12. The molecule has 0 saturated heterocycles. The lowest BCUT2D eigenvalue weighted by Crippen LogP contribution is -2.26. The second-order valence-electron chi connectivity index (χ2n) is 8.01. The average Bonchev–Trinajstić information content (AvgIpc) is 3.15. The summed E-state index contributed by atoms with van der Waals surface area (Å²) < 4.78 is 8.26. The lowest BCUT2D eigenvalue weighted by molar-refractivity contribution is 0.0954. The number of aryl methyl sites for hydroxylation is 3. The van der Waals surface area contributed by atoms with Gasteiger partial charge in [0.15, 0.2) is 0 Å². The molecule has 1 amide bonds. The SMILES string of the molecule is Cc1ccc(OCCCn2c(CCNC(=O)c3ccccc3)nc3ccccc32)c(C)c1. The van der Waals surface area contributed by atoms with Crippen molar-refractivity contribution < 1.29 is 9.53 Å². The molecule has 0 aliphatic rings. The summed E-state index contributed by atoms with van der Waals surface area (Å²) in [5, 5.41) is 3.00. The molecular weight excluding hydrogens is 398 g/mol. The van der Waals surface area contributed by atoms with Crippen molar-refractivity contribution in [1.29, 1.82) is 0 Å². The van der Waals surface area contributed by atoms with E-state index in [1.807, 2.05) is 54.6 Å². The van der Waals surface area contributed by atoms with E-state index in [0.717, 1.165) is 41.1 Å². The number of hydrogen-bond donors (Lipinski definition) is 1. The van der Waals surface area contributed by atoms with Gasteiger partial charge in [0.25, 0.3) is 5.91 Å². The Balaban J connectivity index is 1.38. The second kappa shape index (κ2) is 10.1. The number of rotatable bonds is 9. The minimum absolute atomic E-state index is 0.0601. The number of aromatic nitrogens is 2. The summed E-state index contributed by atoms with van der Waals surface area (Å²) in [7, 11) is 0. The fourth-order valence-corrected chi connectivity index (χ4v) is 3.91. The van der Waals surface area contributed by atoms with Crippen molar-refractivity contribution in [1.82, 2.24) is 14.9 Å². The molecule has 0 unspecified atom stereocenters. The van der Waals surface area contributed by atoms with Gasteiger partial charge in [0.05, 0.1) is 17.6 Å². The highest BCUT2D eigenvalue weighted by Gasteiger charge is 2.11. The molecule has 1 N–H and O–H groups in total. The summed E-state index contributed by atoms with van der Waals surface area (Å²) in [6.45, 7) is 6.16. The molecule has 32 heavy (non-hydrogen) atoms. The predicted molar refractivity (Wildman–Crippen MR) is 128 cm³/mol. The maximum Gasteiger partial charge on any atom is 0.251 e. The van der Waals surface area contributed by atoms with Crippen molar-refractivity contribution in [2.45, 2.75) is 33.2 Å². The Labute approximate surface area is 189 Å². The van der Waals surface area contributed by atoms with Crippen LogP contribution in [-0.4, -0.2) is 28.6 Å². The van der Waals surface area contributed by atoms with Crippen molar-refractivity contribution in [3.63, 3.8) is 0 Å². The van der Waals surface area contributed by atoms with Gasteiger partial charge in [-0.05, 0) is 56.2 Å². The quantitative estimate of drug-likeness (QED) is 0.378. The van der Waals surface area contributed by atoms with Crippen molar-refractivity contribution >= 4 is 16.9 Å². The Hall–Kier alpha value is -3.60. The zero-order chi connectivity index (χ0) is 22.3. The van der Waals surface area contributed by atoms with Crippen molar-refractivity contribution in [2.75, 3.05) is 13.2 Å². The van der Waals surface area contributed by atoms with E-state index in [1.165, 1.54) is 5.56 Å². The summed E-state index contributed by atoms with van der Waals surface area (Å²) in [6.07, 6.45) is 1.54. The zero-order valence-electron chi connectivity index (χ0n) is 18.7. The van der Waals surface area contributed by atoms with Gasteiger partial charge in [-0.2, -0.15) is 0 Å². The first-order chi connectivity index (χ1) is 15.6. The van der Waals surface area contributed by atoms with Gasteiger partial charge in [0.1, 0.15) is 11.6 Å². The number of amides is 1. The predicted octanol–water partition coefficient (Wildman–Crippen LogP) is 5.09. The van der Waals surface area contributed by atoms with Crippen LogP contribution in [0.2, 0.25) is 0 Å². The molecule has 0 aliphatic heterocycles. The third-order valence-electron chi connectivity index (χ3n) is 5.52. The number of fused-ring (bicyclic) bond motifs is 1. The summed E-state index contributed by atoms with van der Waals surface area (Å²) in [5.74, 6) is 1.86. The number of ether oxygens (including phenoxy) is 1. The topological polar surface area (TPSA) is 56.1 Å². The number of carbonyl (C=O) groups is 1. The molecule has 4 rings (SSSR count). The van der Waals surface area contributed by atoms with Gasteiger partial charge in [-0.3, -0.25) is 4.79 Å². The van der Waals surface area contributed by atoms with Crippen LogP contribution in [0.1, 0.15) is 33.7 Å². The molecule has 3 aromatic carbocycles. The van der Waals surface area contributed by atoms with E-state index in [9.17, 15) is 4.79 Å². The Morgan fingerprint density at radius 2 is 1.78 bits per heavy atom. The van der Waals surface area contributed by atoms with E-state index in [-0.39, 0.29) is 5.91 Å². The molecule has 1 heterocycles. The van der Waals surface area contributed by atoms with Crippen LogP contribution in [0.25, 0.3) is 11.0 Å². The fourth-order valence-electron chi connectivity index (χ4n) is 3.91. The van der Waals surface area contributed by atoms with E-state index < -0.39 is 0 Å². The second-order valence-corrected chi connectivity index (χ2v) is 8.01. The maximum absolute atomic E-state index is 12.3. The Kier molecular flexibility index (Phi) is 6.85. The molecule has 0 fully saturated rings. The van der Waals surface area contributed by atoms with Gasteiger partial charge in [-0.15, -0.1) is 0 Å². The average molecular weight is 428 g/mol. The monoisotopic (exact) mass is 427 g/mol. The number of nitrogens with zero attached hydrogens (tertiary/aromatic N) is 2. The normalized spacial score (nSPS) is 10.9. The van der Waals surface area contributed by atoms with Crippen LogP contribution in [0.15, 0.2) is 72.8 Å². The summed E-state index contributed by atoms with van der Waals surface area (Å²) in [5.41, 5.74) is 5.16. The minimum atomic E-state index is -0.0601. The number of carbonyl (C=O) groups excluding carboxylic acids is 1.